The van der Waals surface area contributed by atoms with E-state index in [-0.39, 0.29) is 5.82 Å². The maximum Gasteiger partial charge on any atom is 0.123 e. The molecule has 1 aliphatic carbocycles. The van der Waals surface area contributed by atoms with E-state index in [2.05, 4.69) is 169 Å². The topological polar surface area (TPSA) is 88.8 Å². The smallest absolute Gasteiger partial charge is 0.123 e. The lowest BCUT2D eigenvalue weighted by atomic mass is 10.1. The molecule has 7 aromatic carbocycles. The number of piperazine rings is 2. The zero-order valence-corrected chi connectivity index (χ0v) is 41.8. The average Bonchev–Trinajstić information content (AvgIpc) is 4.06. The van der Waals surface area contributed by atoms with Crippen molar-refractivity contribution < 1.29 is 13.9 Å². The van der Waals surface area contributed by atoms with Crippen LogP contribution in [0.5, 0.6) is 11.5 Å². The number of aromatic amines is 2. The third-order valence-electron chi connectivity index (χ3n) is 14.1. The SMILES string of the molecule is Fc1ccc(COc2cccc(N3CCN(Cc4nc(-c5ccccc5)c(-c5ccccc5)[nH]4)CC3)c2)cc1.c1ccc(-c2nc(CN3CCN(c4cccc(OCC5CC5)c4)CC3)[nH]c2-c2ccccc2)cc1. The molecule has 1 saturated carbocycles. The number of nitrogens with one attached hydrogen (secondary N) is 2. The molecule has 374 valence electrons. The minimum atomic E-state index is -0.236. The fraction of sp³-hybridized carbons (Fsp3) is 0.238. The fourth-order valence-electron chi connectivity index (χ4n) is 9.77. The molecular weight excluding hydrogens is 920 g/mol. The van der Waals surface area contributed by atoms with Gasteiger partial charge in [0.05, 0.1) is 42.5 Å². The first-order chi connectivity index (χ1) is 36.5. The second-order valence-electron chi connectivity index (χ2n) is 19.5. The lowest BCUT2D eigenvalue weighted by molar-refractivity contribution is 0.244. The molecule has 9 aromatic rings. The summed E-state index contributed by atoms with van der Waals surface area (Å²) < 4.78 is 25.1. The molecule has 74 heavy (non-hydrogen) atoms. The number of nitrogens with zero attached hydrogens (tertiary/aromatic N) is 6. The molecule has 2 N–H and O–H groups in total. The number of halogens is 1. The Labute approximate surface area is 434 Å². The summed E-state index contributed by atoms with van der Waals surface area (Å²) >= 11 is 0. The Morgan fingerprint density at radius 2 is 0.865 bits per heavy atom. The van der Waals surface area contributed by atoms with Gasteiger partial charge in [-0.25, -0.2) is 14.4 Å². The van der Waals surface area contributed by atoms with E-state index >= 15 is 0 Å². The summed E-state index contributed by atoms with van der Waals surface area (Å²) in [6.45, 7) is 10.7. The monoisotopic (exact) mass is 983 g/mol. The number of imidazole rings is 2. The van der Waals surface area contributed by atoms with Gasteiger partial charge in [0.1, 0.15) is 35.6 Å². The van der Waals surface area contributed by atoms with Crippen molar-refractivity contribution in [2.45, 2.75) is 32.5 Å². The molecule has 3 aliphatic rings. The molecule has 0 spiro atoms. The number of aromatic nitrogens is 4. The second kappa shape index (κ2) is 23.3. The van der Waals surface area contributed by atoms with E-state index < -0.39 is 0 Å². The number of hydrogen-bond donors (Lipinski definition) is 2. The van der Waals surface area contributed by atoms with Gasteiger partial charge in [0.15, 0.2) is 0 Å². The summed E-state index contributed by atoms with van der Waals surface area (Å²) in [6.07, 6.45) is 2.63. The van der Waals surface area contributed by atoms with Gasteiger partial charge in [-0.05, 0) is 60.7 Å². The van der Waals surface area contributed by atoms with Crippen molar-refractivity contribution in [3.05, 3.63) is 217 Å². The Morgan fingerprint density at radius 3 is 1.30 bits per heavy atom. The zero-order valence-electron chi connectivity index (χ0n) is 41.8. The largest absolute Gasteiger partial charge is 0.493 e. The van der Waals surface area contributed by atoms with Crippen LogP contribution in [0.15, 0.2) is 194 Å². The Bertz CT molecular complexity index is 3050. The van der Waals surface area contributed by atoms with Crippen molar-refractivity contribution >= 4 is 11.4 Å². The van der Waals surface area contributed by atoms with E-state index in [4.69, 9.17) is 19.4 Å². The second-order valence-corrected chi connectivity index (χ2v) is 19.5. The van der Waals surface area contributed by atoms with Gasteiger partial charge in [-0.15, -0.1) is 0 Å². The van der Waals surface area contributed by atoms with Crippen LogP contribution in [0.2, 0.25) is 0 Å². The minimum absolute atomic E-state index is 0.236. The predicted octanol–water partition coefficient (Wildman–Crippen LogP) is 12.6. The van der Waals surface area contributed by atoms with Crippen molar-refractivity contribution in [3.8, 4) is 56.5 Å². The third kappa shape index (κ3) is 12.4. The molecule has 0 unspecified atom stereocenters. The van der Waals surface area contributed by atoms with Gasteiger partial charge < -0.3 is 29.2 Å². The fourth-order valence-corrected chi connectivity index (χ4v) is 9.77. The van der Waals surface area contributed by atoms with Crippen LogP contribution in [-0.2, 0) is 19.7 Å². The maximum atomic E-state index is 13.2. The van der Waals surface area contributed by atoms with E-state index in [0.717, 1.165) is 152 Å². The van der Waals surface area contributed by atoms with E-state index in [0.29, 0.717) is 6.61 Å². The molecule has 11 heteroatoms. The number of benzene rings is 7. The number of anilines is 2. The Morgan fingerprint density at radius 1 is 0.446 bits per heavy atom. The Kier molecular flexibility index (Phi) is 15.2. The predicted molar refractivity (Wildman–Crippen MR) is 296 cm³/mol. The summed E-state index contributed by atoms with van der Waals surface area (Å²) in [6, 6.07) is 65.0. The number of rotatable bonds is 16. The Balaban J connectivity index is 0.000000160. The van der Waals surface area contributed by atoms with Crippen LogP contribution in [0.3, 0.4) is 0 Å². The Hall–Kier alpha value is -7.99. The average molecular weight is 983 g/mol. The summed E-state index contributed by atoms with van der Waals surface area (Å²) in [7, 11) is 0. The van der Waals surface area contributed by atoms with Gasteiger partial charge >= 0.3 is 0 Å². The third-order valence-corrected chi connectivity index (χ3v) is 14.1. The van der Waals surface area contributed by atoms with Gasteiger partial charge in [0.25, 0.3) is 0 Å². The van der Waals surface area contributed by atoms with Crippen LogP contribution in [0, 0.1) is 11.7 Å². The molecule has 2 aliphatic heterocycles. The molecular formula is C63H63FN8O2. The minimum Gasteiger partial charge on any atom is -0.493 e. The first-order valence-corrected chi connectivity index (χ1v) is 26.1. The summed E-state index contributed by atoms with van der Waals surface area (Å²) in [5.74, 6) is 4.35. The van der Waals surface area contributed by atoms with Crippen molar-refractivity contribution in [2.24, 2.45) is 5.92 Å². The summed E-state index contributed by atoms with van der Waals surface area (Å²) in [4.78, 5) is 27.2. The molecule has 10 nitrogen and oxygen atoms in total. The van der Waals surface area contributed by atoms with E-state index in [1.807, 2.05) is 30.3 Å². The molecule has 12 rings (SSSR count). The molecule has 2 aromatic heterocycles. The number of H-pyrrole nitrogens is 2. The highest BCUT2D eigenvalue weighted by molar-refractivity contribution is 5.79. The van der Waals surface area contributed by atoms with Gasteiger partial charge in [-0.1, -0.05) is 146 Å². The van der Waals surface area contributed by atoms with Gasteiger partial charge in [-0.3, -0.25) is 9.80 Å². The molecule has 0 radical (unpaired) electrons. The van der Waals surface area contributed by atoms with Crippen LogP contribution < -0.4 is 19.3 Å². The molecule has 4 heterocycles. The number of hydrogen-bond acceptors (Lipinski definition) is 8. The van der Waals surface area contributed by atoms with Crippen LogP contribution in [-0.4, -0.2) is 88.7 Å². The van der Waals surface area contributed by atoms with Crippen LogP contribution in [0.25, 0.3) is 45.0 Å². The highest BCUT2D eigenvalue weighted by Gasteiger charge is 2.24. The van der Waals surface area contributed by atoms with Gasteiger partial charge in [0, 0.05) is 98.1 Å². The van der Waals surface area contributed by atoms with Crippen molar-refractivity contribution in [1.82, 2.24) is 29.7 Å². The van der Waals surface area contributed by atoms with Crippen LogP contribution in [0.4, 0.5) is 15.8 Å². The first-order valence-electron chi connectivity index (χ1n) is 26.1. The summed E-state index contributed by atoms with van der Waals surface area (Å²) in [5, 5.41) is 0. The van der Waals surface area contributed by atoms with E-state index in [1.165, 1.54) is 36.2 Å². The molecule has 0 bridgehead atoms. The maximum absolute atomic E-state index is 13.2. The van der Waals surface area contributed by atoms with E-state index in [9.17, 15) is 4.39 Å². The zero-order chi connectivity index (χ0) is 49.9. The summed E-state index contributed by atoms with van der Waals surface area (Å²) in [5.41, 5.74) is 12.1. The first kappa shape index (κ1) is 48.3. The van der Waals surface area contributed by atoms with Crippen molar-refractivity contribution in [1.29, 1.82) is 0 Å². The van der Waals surface area contributed by atoms with Crippen LogP contribution >= 0.6 is 0 Å². The molecule has 0 amide bonds. The lowest BCUT2D eigenvalue weighted by Gasteiger charge is -2.35. The highest BCUT2D eigenvalue weighted by Crippen LogP contribution is 2.34. The standard InChI is InChI=1S/C33H31FN4O.C30H32N4O/c34-28-16-14-25(15-17-28)24-39-30-13-7-12-29(22-30)38-20-18-37(19-21-38)23-31-35-32(26-8-3-1-4-9-26)33(36-31)27-10-5-2-6-11-27;1-3-8-24(9-4-1)29-30(25-10-5-2-6-11-25)32-28(31-29)21-33-16-18-34(19-17-33)26-12-7-13-27(20-26)35-22-23-14-15-23/h1-17,22H,18-21,23-24H2,(H,35,36);1-13,20,23H,14-19,21-22H2,(H,31,32). The highest BCUT2D eigenvalue weighted by atomic mass is 19.1. The van der Waals surface area contributed by atoms with Gasteiger partial charge in [0.2, 0.25) is 0 Å². The van der Waals surface area contributed by atoms with Gasteiger partial charge in [-0.2, -0.15) is 0 Å². The van der Waals surface area contributed by atoms with Crippen molar-refractivity contribution in [2.75, 3.05) is 68.8 Å². The molecule has 2 saturated heterocycles. The molecule has 3 fully saturated rings. The lowest BCUT2D eigenvalue weighted by Crippen LogP contribution is -2.46. The molecule has 0 atom stereocenters. The quantitative estimate of drug-likeness (QED) is 0.0990. The van der Waals surface area contributed by atoms with Crippen molar-refractivity contribution in [3.63, 3.8) is 0 Å². The number of ether oxygens (including phenoxy) is 2. The van der Waals surface area contributed by atoms with E-state index in [1.54, 1.807) is 12.1 Å². The normalized spacial score (nSPS) is 15.1. The van der Waals surface area contributed by atoms with Crippen LogP contribution in [0.1, 0.15) is 30.1 Å².